The second-order valence-electron chi connectivity index (χ2n) is 4.94. The molecule has 2 rings (SSSR count). The van der Waals surface area contributed by atoms with Gasteiger partial charge in [0.2, 0.25) is 5.91 Å². The summed E-state index contributed by atoms with van der Waals surface area (Å²) < 4.78 is 0. The van der Waals surface area contributed by atoms with Crippen LogP contribution in [0.1, 0.15) is 17.3 Å². The fourth-order valence-electron chi connectivity index (χ4n) is 2.22. The highest BCUT2D eigenvalue weighted by molar-refractivity contribution is 6.04. The quantitative estimate of drug-likeness (QED) is 0.788. The lowest BCUT2D eigenvalue weighted by molar-refractivity contribution is -0.116. The maximum absolute atomic E-state index is 12.5. The number of carbonyl (C=O) groups is 2. The van der Waals surface area contributed by atoms with Gasteiger partial charge >= 0.3 is 0 Å². The standard InChI is InChI=1S/C14H18N2O4/c1-9(17)15(2)11-6-4-3-5-10(11)14(20)16-7-12(18)13(19)8-16/h3-6,12-13,18-19H,7-8H2,1-2H3/t12-,13+. The van der Waals surface area contributed by atoms with E-state index in [1.807, 2.05) is 0 Å². The van der Waals surface area contributed by atoms with Crippen LogP contribution in [0.5, 0.6) is 0 Å². The summed E-state index contributed by atoms with van der Waals surface area (Å²) in [6, 6.07) is 6.79. The first-order valence-electron chi connectivity index (χ1n) is 6.40. The van der Waals surface area contributed by atoms with Gasteiger partial charge in [0.25, 0.3) is 5.91 Å². The molecule has 1 aliphatic heterocycles. The summed E-state index contributed by atoms with van der Waals surface area (Å²) in [5, 5.41) is 19.0. The molecule has 20 heavy (non-hydrogen) atoms. The van der Waals surface area contributed by atoms with Crippen LogP contribution in [0.4, 0.5) is 5.69 Å². The Morgan fingerprint density at radius 1 is 1.20 bits per heavy atom. The minimum Gasteiger partial charge on any atom is -0.388 e. The van der Waals surface area contributed by atoms with E-state index in [0.29, 0.717) is 11.3 Å². The zero-order valence-corrected chi connectivity index (χ0v) is 11.5. The Labute approximate surface area is 117 Å². The zero-order chi connectivity index (χ0) is 14.9. The molecule has 108 valence electrons. The molecule has 1 aromatic rings. The average molecular weight is 278 g/mol. The van der Waals surface area contributed by atoms with Crippen LogP contribution in [-0.2, 0) is 4.79 Å². The van der Waals surface area contributed by atoms with Crippen molar-refractivity contribution < 1.29 is 19.8 Å². The van der Waals surface area contributed by atoms with Gasteiger partial charge in [-0.3, -0.25) is 9.59 Å². The molecule has 1 saturated heterocycles. The SMILES string of the molecule is CC(=O)N(C)c1ccccc1C(=O)N1C[C@@H](O)[C@@H](O)C1. The number of rotatable bonds is 2. The van der Waals surface area contributed by atoms with Gasteiger partial charge in [0.1, 0.15) is 0 Å². The van der Waals surface area contributed by atoms with Crippen LogP contribution in [0.15, 0.2) is 24.3 Å². The number of anilines is 1. The number of carbonyl (C=O) groups excluding carboxylic acids is 2. The molecule has 0 saturated carbocycles. The summed E-state index contributed by atoms with van der Waals surface area (Å²) in [6.07, 6.45) is -1.84. The summed E-state index contributed by atoms with van der Waals surface area (Å²) >= 11 is 0. The largest absolute Gasteiger partial charge is 0.388 e. The summed E-state index contributed by atoms with van der Waals surface area (Å²) in [6.45, 7) is 1.61. The summed E-state index contributed by atoms with van der Waals surface area (Å²) in [4.78, 5) is 26.7. The molecule has 0 aliphatic carbocycles. The number of aliphatic hydroxyl groups is 2. The Kier molecular flexibility index (Phi) is 4.06. The molecule has 0 spiro atoms. The van der Waals surface area contributed by atoms with Crippen LogP contribution in [0.3, 0.4) is 0 Å². The topological polar surface area (TPSA) is 81.1 Å². The van der Waals surface area contributed by atoms with Crippen molar-refractivity contribution in [3.05, 3.63) is 29.8 Å². The van der Waals surface area contributed by atoms with Crippen LogP contribution >= 0.6 is 0 Å². The minimum absolute atomic E-state index is 0.0954. The third-order valence-corrected chi connectivity index (χ3v) is 3.51. The van der Waals surface area contributed by atoms with E-state index in [2.05, 4.69) is 0 Å². The van der Waals surface area contributed by atoms with E-state index in [4.69, 9.17) is 0 Å². The first-order chi connectivity index (χ1) is 9.41. The first kappa shape index (κ1) is 14.5. The Bertz CT molecular complexity index is 522. The van der Waals surface area contributed by atoms with Crippen molar-refractivity contribution in [2.75, 3.05) is 25.0 Å². The van der Waals surface area contributed by atoms with Gasteiger partial charge in [-0.1, -0.05) is 12.1 Å². The molecule has 2 amide bonds. The monoisotopic (exact) mass is 278 g/mol. The van der Waals surface area contributed by atoms with Crippen molar-refractivity contribution in [2.24, 2.45) is 0 Å². The van der Waals surface area contributed by atoms with Crippen molar-refractivity contribution in [3.63, 3.8) is 0 Å². The Balaban J connectivity index is 2.29. The number of hydrogen-bond donors (Lipinski definition) is 2. The lowest BCUT2D eigenvalue weighted by Crippen LogP contribution is -2.32. The number of aliphatic hydroxyl groups excluding tert-OH is 2. The molecule has 6 nitrogen and oxygen atoms in total. The highest BCUT2D eigenvalue weighted by Crippen LogP contribution is 2.23. The van der Waals surface area contributed by atoms with Crippen LogP contribution in [0, 0.1) is 0 Å². The molecule has 0 radical (unpaired) electrons. The summed E-state index contributed by atoms with van der Waals surface area (Å²) in [5.74, 6) is -0.476. The summed E-state index contributed by atoms with van der Waals surface area (Å²) in [7, 11) is 1.60. The zero-order valence-electron chi connectivity index (χ0n) is 11.5. The van der Waals surface area contributed by atoms with E-state index in [-0.39, 0.29) is 24.9 Å². The second kappa shape index (κ2) is 5.60. The number of benzene rings is 1. The number of likely N-dealkylation sites (tertiary alicyclic amines) is 1. The Morgan fingerprint density at radius 3 is 2.30 bits per heavy atom. The van der Waals surface area contributed by atoms with E-state index in [0.717, 1.165) is 0 Å². The molecular formula is C14H18N2O4. The first-order valence-corrected chi connectivity index (χ1v) is 6.40. The molecule has 0 bridgehead atoms. The number of β-amino-alcohol motifs (C(OH)–C–C–N with tert-alkyl or cyclic N) is 2. The van der Waals surface area contributed by atoms with Crippen LogP contribution in [0.25, 0.3) is 0 Å². The van der Waals surface area contributed by atoms with Gasteiger partial charge in [0, 0.05) is 27.1 Å². The van der Waals surface area contributed by atoms with E-state index in [1.165, 1.54) is 16.7 Å². The highest BCUT2D eigenvalue weighted by atomic mass is 16.3. The van der Waals surface area contributed by atoms with Crippen LogP contribution in [-0.4, -0.2) is 59.3 Å². The van der Waals surface area contributed by atoms with Gasteiger partial charge in [-0.2, -0.15) is 0 Å². The minimum atomic E-state index is -0.920. The summed E-state index contributed by atoms with van der Waals surface area (Å²) in [5.41, 5.74) is 0.896. The Morgan fingerprint density at radius 2 is 1.75 bits per heavy atom. The predicted octanol–water partition coefficient (Wildman–Crippen LogP) is -0.153. The predicted molar refractivity (Wildman–Crippen MR) is 73.4 cm³/mol. The third-order valence-electron chi connectivity index (χ3n) is 3.51. The molecule has 0 aromatic heterocycles. The fourth-order valence-corrected chi connectivity index (χ4v) is 2.22. The second-order valence-corrected chi connectivity index (χ2v) is 4.94. The van der Waals surface area contributed by atoms with Gasteiger partial charge < -0.3 is 20.0 Å². The van der Waals surface area contributed by atoms with E-state index in [9.17, 15) is 19.8 Å². The maximum Gasteiger partial charge on any atom is 0.256 e. The highest BCUT2D eigenvalue weighted by Gasteiger charge is 2.34. The van der Waals surface area contributed by atoms with Crippen molar-refractivity contribution in [1.29, 1.82) is 0 Å². The third kappa shape index (κ3) is 2.66. The molecule has 1 aliphatic rings. The van der Waals surface area contributed by atoms with Gasteiger partial charge in [-0.15, -0.1) is 0 Å². The van der Waals surface area contributed by atoms with Gasteiger partial charge in [0.05, 0.1) is 23.5 Å². The normalized spacial score (nSPS) is 21.9. The number of hydrogen-bond acceptors (Lipinski definition) is 4. The molecule has 2 N–H and O–H groups in total. The van der Waals surface area contributed by atoms with Gasteiger partial charge in [-0.25, -0.2) is 0 Å². The van der Waals surface area contributed by atoms with Crippen molar-refractivity contribution in [3.8, 4) is 0 Å². The van der Waals surface area contributed by atoms with E-state index < -0.39 is 12.2 Å². The van der Waals surface area contributed by atoms with Gasteiger partial charge in [-0.05, 0) is 12.1 Å². The van der Waals surface area contributed by atoms with Crippen LogP contribution < -0.4 is 4.90 Å². The molecule has 1 heterocycles. The van der Waals surface area contributed by atoms with Crippen LogP contribution in [0.2, 0.25) is 0 Å². The number of nitrogens with zero attached hydrogens (tertiary/aromatic N) is 2. The maximum atomic E-state index is 12.5. The molecule has 2 atom stereocenters. The number of amides is 2. The Hall–Kier alpha value is -1.92. The van der Waals surface area contributed by atoms with E-state index in [1.54, 1.807) is 31.3 Å². The molecule has 6 heteroatoms. The lowest BCUT2D eigenvalue weighted by atomic mass is 10.1. The number of para-hydroxylation sites is 1. The molecular weight excluding hydrogens is 260 g/mol. The lowest BCUT2D eigenvalue weighted by Gasteiger charge is -2.22. The van der Waals surface area contributed by atoms with E-state index >= 15 is 0 Å². The fraction of sp³-hybridized carbons (Fsp3) is 0.429. The average Bonchev–Trinajstić information content (AvgIpc) is 2.77. The molecule has 1 aromatic carbocycles. The van der Waals surface area contributed by atoms with Crippen molar-refractivity contribution in [1.82, 2.24) is 4.90 Å². The molecule has 1 fully saturated rings. The van der Waals surface area contributed by atoms with Crippen molar-refractivity contribution >= 4 is 17.5 Å². The van der Waals surface area contributed by atoms with Gasteiger partial charge in [0.15, 0.2) is 0 Å². The molecule has 0 unspecified atom stereocenters. The van der Waals surface area contributed by atoms with Crippen molar-refractivity contribution in [2.45, 2.75) is 19.1 Å². The smallest absolute Gasteiger partial charge is 0.256 e.